The number of benzene rings is 9. The Morgan fingerprint density at radius 1 is 0.323 bits per heavy atom. The number of hydrogen-bond donors (Lipinski definition) is 0. The zero-order valence-corrected chi connectivity index (χ0v) is 34.2. The molecule has 0 saturated heterocycles. The van der Waals surface area contributed by atoms with Crippen LogP contribution in [0.3, 0.4) is 0 Å². The van der Waals surface area contributed by atoms with Gasteiger partial charge < -0.3 is 9.13 Å². The lowest BCUT2D eigenvalue weighted by atomic mass is 10.0. The van der Waals surface area contributed by atoms with Gasteiger partial charge in [-0.2, -0.15) is 0 Å². The molecule has 0 saturated carbocycles. The number of nitrogens with zero attached hydrogens (tertiary/aromatic N) is 5. The first-order valence-electron chi connectivity index (χ1n) is 20.9. The third kappa shape index (κ3) is 5.08. The van der Waals surface area contributed by atoms with E-state index in [4.69, 9.17) is 10.2 Å². The van der Waals surface area contributed by atoms with E-state index in [1.165, 1.54) is 42.0 Å². The Hall–Kier alpha value is -8.06. The van der Waals surface area contributed by atoms with Crippen molar-refractivity contribution >= 4 is 75.1 Å². The van der Waals surface area contributed by atoms with E-state index < -0.39 is 0 Å². The highest BCUT2D eigenvalue weighted by Gasteiger charge is 2.25. The summed E-state index contributed by atoms with van der Waals surface area (Å²) in [6, 6.07) is 76.1. The van der Waals surface area contributed by atoms with E-state index in [1.807, 2.05) is 35.6 Å². The summed E-state index contributed by atoms with van der Waals surface area (Å²) in [5, 5.41) is 17.3. The Bertz CT molecular complexity index is 3870. The van der Waals surface area contributed by atoms with E-state index in [0.717, 1.165) is 72.8 Å². The first kappa shape index (κ1) is 34.8. The summed E-state index contributed by atoms with van der Waals surface area (Å²) < 4.78 is 9.75. The highest BCUT2D eigenvalue weighted by Crippen LogP contribution is 2.46. The maximum atomic E-state index is 4.97. The van der Waals surface area contributed by atoms with Crippen LogP contribution in [0.4, 0.5) is 0 Å². The Balaban J connectivity index is 1.06. The van der Waals surface area contributed by atoms with Crippen molar-refractivity contribution in [2.45, 2.75) is 0 Å². The molecule has 0 unspecified atom stereocenters. The summed E-state index contributed by atoms with van der Waals surface area (Å²) in [4.78, 5) is 0. The normalized spacial score (nSPS) is 11.9. The SMILES string of the molecule is c1ccc(-c2nnc(-c3cccc4c3c3ccccc3n4-c3ccccc3-c3ccccc3-n3c4ccccc4c4c5sc6ccccc6c5ccc43)n2-c2ccccc2)cc1. The topological polar surface area (TPSA) is 40.6 Å². The Morgan fingerprint density at radius 2 is 0.839 bits per heavy atom. The molecule has 0 atom stereocenters. The molecule has 13 rings (SSSR count). The predicted octanol–water partition coefficient (Wildman–Crippen LogP) is 14.8. The Morgan fingerprint density at radius 3 is 1.55 bits per heavy atom. The molecule has 290 valence electrons. The van der Waals surface area contributed by atoms with E-state index in [9.17, 15) is 0 Å². The summed E-state index contributed by atoms with van der Waals surface area (Å²) in [6.07, 6.45) is 0. The van der Waals surface area contributed by atoms with Gasteiger partial charge >= 0.3 is 0 Å². The minimum Gasteiger partial charge on any atom is -0.309 e. The van der Waals surface area contributed by atoms with Gasteiger partial charge in [0, 0.05) is 69.7 Å². The Labute approximate surface area is 360 Å². The second-order valence-electron chi connectivity index (χ2n) is 15.8. The van der Waals surface area contributed by atoms with E-state index in [2.05, 4.69) is 202 Å². The fourth-order valence-corrected chi connectivity index (χ4v) is 11.1. The Kier molecular flexibility index (Phi) is 7.71. The van der Waals surface area contributed by atoms with Gasteiger partial charge in [0.15, 0.2) is 11.6 Å². The van der Waals surface area contributed by atoms with Crippen LogP contribution >= 0.6 is 11.3 Å². The fraction of sp³-hybridized carbons (Fsp3) is 0. The van der Waals surface area contributed by atoms with Gasteiger partial charge in [-0.1, -0.05) is 158 Å². The lowest BCUT2D eigenvalue weighted by Crippen LogP contribution is -2.02. The zero-order chi connectivity index (χ0) is 40.7. The molecular formula is C56H35N5S. The summed E-state index contributed by atoms with van der Waals surface area (Å²) in [7, 11) is 0. The minimum absolute atomic E-state index is 0.793. The molecule has 5 nitrogen and oxygen atoms in total. The molecule has 0 fully saturated rings. The van der Waals surface area contributed by atoms with Crippen LogP contribution in [0.25, 0.3) is 115 Å². The predicted molar refractivity (Wildman–Crippen MR) is 259 cm³/mol. The molecular weight excluding hydrogens is 775 g/mol. The van der Waals surface area contributed by atoms with Crippen LogP contribution in [0.2, 0.25) is 0 Å². The van der Waals surface area contributed by atoms with Gasteiger partial charge in [-0.25, -0.2) is 0 Å². The second kappa shape index (κ2) is 13.7. The van der Waals surface area contributed by atoms with Crippen molar-refractivity contribution in [1.82, 2.24) is 23.9 Å². The van der Waals surface area contributed by atoms with Gasteiger partial charge in [0.05, 0.1) is 33.4 Å². The highest BCUT2D eigenvalue weighted by molar-refractivity contribution is 7.26. The first-order valence-corrected chi connectivity index (χ1v) is 21.7. The molecule has 4 aromatic heterocycles. The summed E-state index contributed by atoms with van der Waals surface area (Å²) in [6.45, 7) is 0. The van der Waals surface area contributed by atoms with Gasteiger partial charge in [0.1, 0.15) is 0 Å². The van der Waals surface area contributed by atoms with Crippen LogP contribution in [-0.2, 0) is 0 Å². The van der Waals surface area contributed by atoms with Crippen LogP contribution in [0.15, 0.2) is 212 Å². The maximum Gasteiger partial charge on any atom is 0.169 e. The molecule has 0 aliphatic rings. The molecule has 0 N–H and O–H groups in total. The van der Waals surface area contributed by atoms with Crippen molar-refractivity contribution in [2.24, 2.45) is 0 Å². The number of fused-ring (bicyclic) bond motifs is 10. The third-order valence-electron chi connectivity index (χ3n) is 12.4. The molecule has 62 heavy (non-hydrogen) atoms. The molecule has 4 heterocycles. The lowest BCUT2D eigenvalue weighted by Gasteiger charge is -2.18. The van der Waals surface area contributed by atoms with E-state index in [-0.39, 0.29) is 0 Å². The maximum absolute atomic E-state index is 4.97. The average molecular weight is 810 g/mol. The summed E-state index contributed by atoms with van der Waals surface area (Å²) in [5.41, 5.74) is 12.2. The van der Waals surface area contributed by atoms with E-state index >= 15 is 0 Å². The van der Waals surface area contributed by atoms with Gasteiger partial charge in [-0.3, -0.25) is 4.57 Å². The van der Waals surface area contributed by atoms with Crippen molar-refractivity contribution in [3.05, 3.63) is 212 Å². The number of aromatic nitrogens is 5. The standard InChI is InChI=1S/C56H35N5S/c1-3-18-36(19-4-1)55-57-58-56(59(55)37-20-5-2-6-21-37)44-27-17-32-49-52(44)42-25-9-14-30-47(42)60(49)45-28-12-7-22-38(45)39-23-8-13-29-46(39)61-48-31-15-10-26-43(48)53-50(61)35-34-41-40-24-11-16-33-51(40)62-54(41)53/h1-35H. The molecule has 0 aliphatic heterocycles. The molecule has 6 heteroatoms. The van der Waals surface area contributed by atoms with Crippen LogP contribution in [0.5, 0.6) is 0 Å². The number of para-hydroxylation sites is 5. The average Bonchev–Trinajstić information content (AvgIpc) is 4.12. The van der Waals surface area contributed by atoms with Crippen LogP contribution in [0.1, 0.15) is 0 Å². The lowest BCUT2D eigenvalue weighted by molar-refractivity contribution is 1.07. The number of rotatable bonds is 6. The number of hydrogen-bond acceptors (Lipinski definition) is 3. The zero-order valence-electron chi connectivity index (χ0n) is 33.4. The highest BCUT2D eigenvalue weighted by atomic mass is 32.1. The smallest absolute Gasteiger partial charge is 0.169 e. The van der Waals surface area contributed by atoms with Crippen LogP contribution in [0, 0.1) is 0 Å². The second-order valence-corrected chi connectivity index (χ2v) is 16.8. The van der Waals surface area contributed by atoms with Crippen molar-refractivity contribution < 1.29 is 0 Å². The molecule has 0 amide bonds. The largest absolute Gasteiger partial charge is 0.309 e. The molecule has 9 aromatic carbocycles. The minimum atomic E-state index is 0.793. The third-order valence-corrected chi connectivity index (χ3v) is 13.6. The molecule has 0 spiro atoms. The summed E-state index contributed by atoms with van der Waals surface area (Å²) >= 11 is 1.89. The monoisotopic (exact) mass is 809 g/mol. The van der Waals surface area contributed by atoms with Gasteiger partial charge in [-0.05, 0) is 54.6 Å². The summed E-state index contributed by atoms with van der Waals surface area (Å²) in [5.74, 6) is 1.59. The van der Waals surface area contributed by atoms with Gasteiger partial charge in [0.25, 0.3) is 0 Å². The molecule has 13 aromatic rings. The van der Waals surface area contributed by atoms with Crippen molar-refractivity contribution in [3.8, 4) is 51.0 Å². The van der Waals surface area contributed by atoms with Crippen molar-refractivity contribution in [2.75, 3.05) is 0 Å². The molecule has 0 bridgehead atoms. The quantitative estimate of drug-likeness (QED) is 0.168. The van der Waals surface area contributed by atoms with Crippen LogP contribution < -0.4 is 0 Å². The van der Waals surface area contributed by atoms with Crippen molar-refractivity contribution in [3.63, 3.8) is 0 Å². The van der Waals surface area contributed by atoms with E-state index in [0.29, 0.717) is 0 Å². The van der Waals surface area contributed by atoms with E-state index in [1.54, 1.807) is 0 Å². The molecule has 0 radical (unpaired) electrons. The number of thiophene rings is 1. The van der Waals surface area contributed by atoms with Gasteiger partial charge in [-0.15, -0.1) is 21.5 Å². The van der Waals surface area contributed by atoms with Crippen LogP contribution in [-0.4, -0.2) is 23.9 Å². The van der Waals surface area contributed by atoms with Gasteiger partial charge in [0.2, 0.25) is 0 Å². The molecule has 0 aliphatic carbocycles. The first-order chi connectivity index (χ1) is 30.8. The van der Waals surface area contributed by atoms with Crippen molar-refractivity contribution in [1.29, 1.82) is 0 Å². The fourth-order valence-electron chi connectivity index (χ4n) is 9.81.